The number of rotatable bonds is 6. The van der Waals surface area contributed by atoms with Crippen LogP contribution in [0.2, 0.25) is 5.02 Å². The molecule has 41 heavy (non-hydrogen) atoms. The lowest BCUT2D eigenvalue weighted by atomic mass is 9.87. The lowest BCUT2D eigenvalue weighted by Gasteiger charge is -2.38. The summed E-state index contributed by atoms with van der Waals surface area (Å²) in [5, 5.41) is 2.52. The van der Waals surface area contributed by atoms with Gasteiger partial charge in [-0.1, -0.05) is 35.9 Å². The molecule has 4 rings (SSSR count). The molecule has 0 radical (unpaired) electrons. The van der Waals surface area contributed by atoms with Crippen LogP contribution in [0.15, 0.2) is 48.5 Å². The zero-order valence-corrected chi connectivity index (χ0v) is 23.8. The van der Waals surface area contributed by atoms with Gasteiger partial charge in [0, 0.05) is 35.2 Å². The molecule has 1 heterocycles. The average molecular weight is 617 g/mol. The molecular formula is C26H28ClF3N4O6S. The van der Waals surface area contributed by atoms with Gasteiger partial charge in [0.15, 0.2) is 0 Å². The van der Waals surface area contributed by atoms with Crippen LogP contribution >= 0.6 is 11.6 Å². The number of halogens is 4. The maximum absolute atomic E-state index is 14.4. The third-order valence-electron chi connectivity index (χ3n) is 6.29. The van der Waals surface area contributed by atoms with Gasteiger partial charge in [0.25, 0.3) is 5.92 Å². The van der Waals surface area contributed by atoms with Crippen LogP contribution in [0.5, 0.6) is 0 Å². The molecule has 2 unspecified atom stereocenters. The van der Waals surface area contributed by atoms with E-state index in [1.165, 1.54) is 51.1 Å². The molecule has 0 bridgehead atoms. The van der Waals surface area contributed by atoms with Crippen molar-refractivity contribution in [2.45, 2.75) is 63.3 Å². The molecule has 2 atom stereocenters. The van der Waals surface area contributed by atoms with Crippen molar-refractivity contribution in [3.63, 3.8) is 0 Å². The predicted octanol–water partition coefficient (Wildman–Crippen LogP) is 3.92. The molecule has 2 aliphatic rings. The van der Waals surface area contributed by atoms with E-state index in [2.05, 4.69) is 10.0 Å². The van der Waals surface area contributed by atoms with Gasteiger partial charge in [-0.15, -0.1) is 0 Å². The number of nitrogens with zero attached hydrogens (tertiary/aromatic N) is 2. The van der Waals surface area contributed by atoms with Crippen molar-refractivity contribution in [3.8, 4) is 0 Å². The van der Waals surface area contributed by atoms with Gasteiger partial charge in [0.2, 0.25) is 11.8 Å². The number of ether oxygens (including phenoxy) is 1. The third-order valence-corrected chi connectivity index (χ3v) is 8.10. The van der Waals surface area contributed by atoms with Crippen LogP contribution in [0, 0.1) is 5.82 Å². The minimum Gasteiger partial charge on any atom is -0.443 e. The summed E-state index contributed by atoms with van der Waals surface area (Å²) < 4.78 is 74.6. The molecule has 3 amide bonds. The van der Waals surface area contributed by atoms with Crippen molar-refractivity contribution >= 4 is 45.4 Å². The van der Waals surface area contributed by atoms with Gasteiger partial charge in [-0.25, -0.2) is 18.0 Å². The Balaban J connectivity index is 1.76. The van der Waals surface area contributed by atoms with Crippen LogP contribution in [0.4, 0.5) is 23.7 Å². The van der Waals surface area contributed by atoms with Crippen molar-refractivity contribution in [3.05, 3.63) is 64.9 Å². The first-order valence-corrected chi connectivity index (χ1v) is 14.3. The second kappa shape index (κ2) is 11.1. The highest BCUT2D eigenvalue weighted by Crippen LogP contribution is 2.39. The summed E-state index contributed by atoms with van der Waals surface area (Å²) >= 11 is 6.40. The van der Waals surface area contributed by atoms with Crippen molar-refractivity contribution in [1.29, 1.82) is 0 Å². The molecule has 2 N–H and O–H groups in total. The molecular weight excluding hydrogens is 589 g/mol. The van der Waals surface area contributed by atoms with Crippen molar-refractivity contribution in [1.82, 2.24) is 14.3 Å². The van der Waals surface area contributed by atoms with Gasteiger partial charge in [-0.3, -0.25) is 14.5 Å². The Bertz CT molecular complexity index is 1460. The molecule has 15 heteroatoms. The zero-order chi connectivity index (χ0) is 30.3. The first-order valence-electron chi connectivity index (χ1n) is 12.5. The Morgan fingerprint density at radius 2 is 1.80 bits per heavy atom. The standard InChI is InChI=1S/C26H28ClF3N4O6S/c1-25(2,3)40-24(37)33-14-20(32-41(33,38)39)23(36)34(17-8-6-7-15(28)11-17)21(18-9-4-5-10-19(18)27)22(35)31-16-12-26(29,30)13-16/h4-11,16,20-21,32H,12-14H2,1-3H3,(H,31,35). The topological polar surface area (TPSA) is 125 Å². The van der Waals surface area contributed by atoms with E-state index in [-0.39, 0.29) is 16.3 Å². The van der Waals surface area contributed by atoms with E-state index in [4.69, 9.17) is 16.3 Å². The largest absolute Gasteiger partial charge is 0.443 e. The fraction of sp³-hybridized carbons (Fsp3) is 0.423. The second-order valence-electron chi connectivity index (χ2n) is 10.8. The molecule has 0 spiro atoms. The van der Waals surface area contributed by atoms with E-state index < -0.39 is 83.0 Å². The van der Waals surface area contributed by atoms with Crippen LogP contribution in [0.25, 0.3) is 0 Å². The monoisotopic (exact) mass is 616 g/mol. The molecule has 1 saturated heterocycles. The maximum Gasteiger partial charge on any atom is 0.425 e. The summed E-state index contributed by atoms with van der Waals surface area (Å²) in [6.07, 6.45) is -2.46. The van der Waals surface area contributed by atoms with E-state index in [1.807, 2.05) is 0 Å². The average Bonchev–Trinajstić information content (AvgIpc) is 3.15. The first kappa shape index (κ1) is 30.6. The molecule has 10 nitrogen and oxygen atoms in total. The minimum atomic E-state index is -4.55. The Hall–Kier alpha value is -3.36. The summed E-state index contributed by atoms with van der Waals surface area (Å²) in [5.41, 5.74) is -1.13. The highest BCUT2D eigenvalue weighted by Gasteiger charge is 2.49. The number of alkyl halides is 2. The highest BCUT2D eigenvalue weighted by atomic mass is 35.5. The SMILES string of the molecule is CC(C)(C)OC(=O)N1CC(C(=O)N(c2cccc(F)c2)C(C(=O)NC2CC(F)(F)C2)c2ccccc2Cl)NS1(=O)=O. The summed E-state index contributed by atoms with van der Waals surface area (Å²) in [5.74, 6) is -5.67. The maximum atomic E-state index is 14.4. The Kier molecular flexibility index (Phi) is 8.31. The Labute approximate surface area is 239 Å². The minimum absolute atomic E-state index is 0.0307. The lowest BCUT2D eigenvalue weighted by Crippen LogP contribution is -2.56. The number of benzene rings is 2. The first-order chi connectivity index (χ1) is 19.0. The Morgan fingerprint density at radius 1 is 1.15 bits per heavy atom. The summed E-state index contributed by atoms with van der Waals surface area (Å²) in [4.78, 5) is 41.2. The van der Waals surface area contributed by atoms with E-state index in [1.54, 1.807) is 6.07 Å². The number of nitrogens with one attached hydrogen (secondary N) is 2. The number of hydrogen-bond donors (Lipinski definition) is 2. The normalized spacial score (nSPS) is 20.6. The Morgan fingerprint density at radius 3 is 2.39 bits per heavy atom. The fourth-order valence-electron chi connectivity index (χ4n) is 4.49. The second-order valence-corrected chi connectivity index (χ2v) is 12.8. The number of carbonyl (C=O) groups excluding carboxylic acids is 3. The van der Waals surface area contributed by atoms with Crippen molar-refractivity contribution in [2.75, 3.05) is 11.4 Å². The van der Waals surface area contributed by atoms with E-state index in [9.17, 15) is 36.0 Å². The van der Waals surface area contributed by atoms with E-state index in [0.717, 1.165) is 17.0 Å². The predicted molar refractivity (Wildman–Crippen MR) is 143 cm³/mol. The number of anilines is 1. The summed E-state index contributed by atoms with van der Waals surface area (Å²) in [7, 11) is -4.55. The van der Waals surface area contributed by atoms with E-state index >= 15 is 0 Å². The van der Waals surface area contributed by atoms with E-state index in [0.29, 0.717) is 4.31 Å². The lowest BCUT2D eigenvalue weighted by molar-refractivity contribution is -0.133. The van der Waals surface area contributed by atoms with Gasteiger partial charge in [-0.2, -0.15) is 17.4 Å². The molecule has 1 aliphatic heterocycles. The van der Waals surface area contributed by atoms with Gasteiger partial charge >= 0.3 is 16.3 Å². The fourth-order valence-corrected chi connectivity index (χ4v) is 5.97. The van der Waals surface area contributed by atoms with Crippen molar-refractivity contribution in [2.24, 2.45) is 0 Å². The molecule has 0 aromatic heterocycles. The van der Waals surface area contributed by atoms with Crippen LogP contribution in [-0.4, -0.2) is 60.8 Å². The molecule has 1 saturated carbocycles. The third kappa shape index (κ3) is 6.93. The van der Waals surface area contributed by atoms with Gasteiger partial charge in [0.05, 0.1) is 6.54 Å². The van der Waals surface area contributed by atoms with Crippen LogP contribution in [0.1, 0.15) is 45.2 Å². The van der Waals surface area contributed by atoms with Gasteiger partial charge in [0.1, 0.15) is 23.5 Å². The van der Waals surface area contributed by atoms with Crippen molar-refractivity contribution < 1.29 is 40.7 Å². The zero-order valence-electron chi connectivity index (χ0n) is 22.2. The molecule has 2 aromatic rings. The van der Waals surface area contributed by atoms with Crippen LogP contribution < -0.4 is 14.9 Å². The summed E-state index contributed by atoms with van der Waals surface area (Å²) in [6.45, 7) is 3.88. The number of carbonyl (C=O) groups is 3. The van der Waals surface area contributed by atoms with Gasteiger partial charge < -0.3 is 10.1 Å². The van der Waals surface area contributed by atoms with Crippen LogP contribution in [0.3, 0.4) is 0 Å². The summed E-state index contributed by atoms with van der Waals surface area (Å²) in [6, 6.07) is 6.40. The smallest absolute Gasteiger partial charge is 0.425 e. The number of hydrogen-bond acceptors (Lipinski definition) is 6. The number of amides is 3. The highest BCUT2D eigenvalue weighted by molar-refractivity contribution is 7.88. The molecule has 1 aliphatic carbocycles. The quantitative estimate of drug-likeness (QED) is 0.507. The molecule has 2 fully saturated rings. The van der Waals surface area contributed by atoms with Crippen LogP contribution in [-0.2, 0) is 24.5 Å². The molecule has 222 valence electrons. The molecule has 2 aromatic carbocycles. The van der Waals surface area contributed by atoms with Gasteiger partial charge in [-0.05, 0) is 45.0 Å².